The molecular formula is C29H32F6O. The highest BCUT2D eigenvalue weighted by atomic mass is 19.4. The lowest BCUT2D eigenvalue weighted by atomic mass is 9.64. The average Bonchev–Trinajstić information content (AvgIpc) is 2.81. The third-order valence-corrected chi connectivity index (χ3v) is 7.92. The molecule has 4 unspecified atom stereocenters. The van der Waals surface area contributed by atoms with Gasteiger partial charge in [-0.1, -0.05) is 44.9 Å². The van der Waals surface area contributed by atoms with E-state index in [1.54, 1.807) is 0 Å². The summed E-state index contributed by atoms with van der Waals surface area (Å²) in [7, 11) is 0. The normalized spacial score (nSPS) is 24.2. The zero-order chi connectivity index (χ0) is 25.9. The van der Waals surface area contributed by atoms with Crippen LogP contribution in [0.15, 0.2) is 18.2 Å². The highest BCUT2D eigenvalue weighted by Gasteiger charge is 2.35. The number of benzene rings is 2. The number of halogens is 6. The number of hydrogen-bond donors (Lipinski definition) is 0. The highest BCUT2D eigenvalue weighted by Crippen LogP contribution is 2.46. The second-order valence-corrected chi connectivity index (χ2v) is 10.5. The van der Waals surface area contributed by atoms with E-state index in [2.05, 4.69) is 6.92 Å². The van der Waals surface area contributed by atoms with E-state index in [1.807, 2.05) is 0 Å². The van der Waals surface area contributed by atoms with E-state index in [-0.39, 0.29) is 11.1 Å². The van der Waals surface area contributed by atoms with Crippen LogP contribution in [0.2, 0.25) is 0 Å². The van der Waals surface area contributed by atoms with Crippen molar-refractivity contribution in [2.45, 2.75) is 77.3 Å². The van der Waals surface area contributed by atoms with Crippen LogP contribution in [0.5, 0.6) is 5.75 Å². The lowest BCUT2D eigenvalue weighted by molar-refractivity contribution is -0.0696. The van der Waals surface area contributed by atoms with Crippen molar-refractivity contribution in [1.82, 2.24) is 0 Å². The standard InChI is InChI=1S/C29H32F6O/c1-2-3-4-5-18-6-8-21-13-19(7-9-20(21)12-18)17-36-23-14-22-15-25(30)24(10-11-29(33,34)35)28(32)27(22)26(31)16-23/h14-16,18-21H,2-9,12-13,17H2,1H3. The summed E-state index contributed by atoms with van der Waals surface area (Å²) in [4.78, 5) is 0. The molecule has 36 heavy (non-hydrogen) atoms. The van der Waals surface area contributed by atoms with Crippen LogP contribution in [0.1, 0.15) is 76.7 Å². The SMILES string of the molecule is CCCCCC1CCC2CC(COc3cc(F)c4c(F)c(C#CC(F)(F)F)c(F)cc4c3)CCC2C1. The molecule has 0 radical (unpaired) electrons. The maximum atomic E-state index is 14.7. The molecule has 0 N–H and O–H groups in total. The Morgan fingerprint density at radius 1 is 0.889 bits per heavy atom. The Morgan fingerprint density at radius 2 is 1.58 bits per heavy atom. The lowest BCUT2D eigenvalue weighted by Crippen LogP contribution is -2.33. The number of unbranched alkanes of at least 4 members (excludes halogenated alkanes) is 2. The first-order valence-electron chi connectivity index (χ1n) is 13.0. The second kappa shape index (κ2) is 11.4. The van der Waals surface area contributed by atoms with E-state index < -0.39 is 34.6 Å². The van der Waals surface area contributed by atoms with Crippen molar-refractivity contribution in [2.24, 2.45) is 23.7 Å². The Bertz CT molecular complexity index is 1130. The van der Waals surface area contributed by atoms with Gasteiger partial charge in [-0.25, -0.2) is 13.2 Å². The van der Waals surface area contributed by atoms with E-state index in [0.29, 0.717) is 18.4 Å². The molecule has 0 saturated heterocycles. The molecule has 1 nitrogen and oxygen atoms in total. The molecule has 2 aliphatic carbocycles. The third-order valence-electron chi connectivity index (χ3n) is 7.92. The summed E-state index contributed by atoms with van der Waals surface area (Å²) in [6.45, 7) is 2.63. The average molecular weight is 511 g/mol. The van der Waals surface area contributed by atoms with Gasteiger partial charge in [0, 0.05) is 12.0 Å². The zero-order valence-corrected chi connectivity index (χ0v) is 20.5. The second-order valence-electron chi connectivity index (χ2n) is 10.5. The van der Waals surface area contributed by atoms with Gasteiger partial charge in [0.2, 0.25) is 0 Å². The fourth-order valence-electron chi connectivity index (χ4n) is 6.11. The van der Waals surface area contributed by atoms with Gasteiger partial charge in [-0.15, -0.1) is 0 Å². The van der Waals surface area contributed by atoms with E-state index in [9.17, 15) is 26.3 Å². The molecule has 4 rings (SSSR count). The predicted octanol–water partition coefficient (Wildman–Crippen LogP) is 8.96. The Kier molecular flexibility index (Phi) is 8.42. The van der Waals surface area contributed by atoms with Crippen molar-refractivity contribution < 1.29 is 31.1 Å². The van der Waals surface area contributed by atoms with Crippen LogP contribution >= 0.6 is 0 Å². The van der Waals surface area contributed by atoms with E-state index in [1.165, 1.54) is 63.4 Å². The fourth-order valence-corrected chi connectivity index (χ4v) is 6.11. The fraction of sp³-hybridized carbons (Fsp3) is 0.586. The summed E-state index contributed by atoms with van der Waals surface area (Å²) in [5, 5.41) is -0.728. The summed E-state index contributed by atoms with van der Waals surface area (Å²) in [6, 6.07) is 3.11. The van der Waals surface area contributed by atoms with Crippen LogP contribution < -0.4 is 4.74 Å². The van der Waals surface area contributed by atoms with Crippen LogP contribution in [-0.4, -0.2) is 12.8 Å². The summed E-state index contributed by atoms with van der Waals surface area (Å²) in [5.74, 6) is 1.33. The minimum absolute atomic E-state index is 0.123. The minimum atomic E-state index is -4.92. The van der Waals surface area contributed by atoms with Gasteiger partial charge in [-0.05, 0) is 73.3 Å². The van der Waals surface area contributed by atoms with E-state index >= 15 is 0 Å². The first kappa shape index (κ1) is 26.7. The Hall–Kier alpha value is -2.36. The van der Waals surface area contributed by atoms with Crippen LogP contribution in [0.4, 0.5) is 26.3 Å². The summed E-state index contributed by atoms with van der Waals surface area (Å²) < 4.78 is 86.5. The van der Waals surface area contributed by atoms with Gasteiger partial charge in [0.15, 0.2) is 5.82 Å². The molecule has 0 amide bonds. The predicted molar refractivity (Wildman–Crippen MR) is 128 cm³/mol. The van der Waals surface area contributed by atoms with Crippen LogP contribution in [0.25, 0.3) is 10.8 Å². The summed E-state index contributed by atoms with van der Waals surface area (Å²) in [5.41, 5.74) is -1.11. The first-order valence-corrected chi connectivity index (χ1v) is 13.0. The van der Waals surface area contributed by atoms with Crippen LogP contribution in [-0.2, 0) is 0 Å². The molecule has 196 valence electrons. The number of rotatable bonds is 7. The van der Waals surface area contributed by atoms with Gasteiger partial charge >= 0.3 is 6.18 Å². The van der Waals surface area contributed by atoms with Crippen molar-refractivity contribution in [3.05, 3.63) is 41.2 Å². The van der Waals surface area contributed by atoms with Crippen molar-refractivity contribution in [1.29, 1.82) is 0 Å². The van der Waals surface area contributed by atoms with Crippen LogP contribution in [0, 0.1) is 53.0 Å². The van der Waals surface area contributed by atoms with Crippen LogP contribution in [0.3, 0.4) is 0 Å². The van der Waals surface area contributed by atoms with E-state index in [0.717, 1.165) is 42.7 Å². The number of alkyl halides is 3. The molecule has 0 bridgehead atoms. The van der Waals surface area contributed by atoms with Gasteiger partial charge in [0.25, 0.3) is 0 Å². The topological polar surface area (TPSA) is 9.23 Å². The quantitative estimate of drug-likeness (QED) is 0.205. The first-order chi connectivity index (χ1) is 17.1. The molecule has 2 aromatic rings. The van der Waals surface area contributed by atoms with Crippen molar-refractivity contribution in [3.8, 4) is 17.6 Å². The molecule has 0 aliphatic heterocycles. The lowest BCUT2D eigenvalue weighted by Gasteiger charge is -2.42. The molecule has 0 spiro atoms. The van der Waals surface area contributed by atoms with Gasteiger partial charge in [0.05, 0.1) is 17.6 Å². The maximum Gasteiger partial charge on any atom is 0.458 e. The molecule has 0 aromatic heterocycles. The molecular weight excluding hydrogens is 478 g/mol. The molecule has 0 heterocycles. The Balaban J connectivity index is 1.39. The molecule has 2 fully saturated rings. The molecule has 7 heteroatoms. The van der Waals surface area contributed by atoms with Crippen molar-refractivity contribution >= 4 is 10.8 Å². The van der Waals surface area contributed by atoms with Gasteiger partial charge in [0.1, 0.15) is 17.4 Å². The Labute approximate surface area is 208 Å². The molecule has 2 aromatic carbocycles. The van der Waals surface area contributed by atoms with Crippen molar-refractivity contribution in [2.75, 3.05) is 6.61 Å². The highest BCUT2D eigenvalue weighted by molar-refractivity contribution is 5.86. The summed E-state index contributed by atoms with van der Waals surface area (Å²) in [6.07, 6.45) is 7.48. The zero-order valence-electron chi connectivity index (χ0n) is 20.5. The van der Waals surface area contributed by atoms with Gasteiger partial charge < -0.3 is 4.74 Å². The third kappa shape index (κ3) is 6.49. The largest absolute Gasteiger partial charge is 0.493 e. The molecule has 2 aliphatic rings. The van der Waals surface area contributed by atoms with Gasteiger partial charge in [-0.3, -0.25) is 0 Å². The number of ether oxygens (including phenoxy) is 1. The summed E-state index contributed by atoms with van der Waals surface area (Å²) >= 11 is 0. The van der Waals surface area contributed by atoms with E-state index in [4.69, 9.17) is 4.74 Å². The maximum absolute atomic E-state index is 14.7. The number of hydrogen-bond acceptors (Lipinski definition) is 1. The molecule has 4 atom stereocenters. The molecule has 2 saturated carbocycles. The number of fused-ring (bicyclic) bond motifs is 2. The minimum Gasteiger partial charge on any atom is -0.493 e. The monoisotopic (exact) mass is 510 g/mol. The Morgan fingerprint density at radius 3 is 2.28 bits per heavy atom. The van der Waals surface area contributed by atoms with Gasteiger partial charge in [-0.2, -0.15) is 13.2 Å². The van der Waals surface area contributed by atoms with Crippen molar-refractivity contribution in [3.63, 3.8) is 0 Å². The smallest absolute Gasteiger partial charge is 0.458 e.